The summed E-state index contributed by atoms with van der Waals surface area (Å²) in [4.78, 5) is 19.2. The topological polar surface area (TPSA) is 90.8 Å². The lowest BCUT2D eigenvalue weighted by Crippen LogP contribution is -2.52. The number of rotatable bonds is 5. The number of thiazole rings is 1. The van der Waals surface area contributed by atoms with Crippen molar-refractivity contribution in [2.75, 3.05) is 32.8 Å². The molecule has 0 spiro atoms. The smallest absolute Gasteiger partial charge is 0.243 e. The number of carbonyl (C=O) groups is 1. The summed E-state index contributed by atoms with van der Waals surface area (Å²) in [6.07, 6.45) is 0. The number of amides is 1. The van der Waals surface area contributed by atoms with Gasteiger partial charge in [0.2, 0.25) is 15.9 Å². The van der Waals surface area contributed by atoms with Gasteiger partial charge < -0.3 is 10.0 Å². The van der Waals surface area contributed by atoms with Gasteiger partial charge in [0.05, 0.1) is 32.6 Å². The minimum atomic E-state index is -3.55. The van der Waals surface area contributed by atoms with E-state index in [0.29, 0.717) is 26.2 Å². The maximum Gasteiger partial charge on any atom is 0.243 e. The van der Waals surface area contributed by atoms with E-state index in [-0.39, 0.29) is 17.4 Å². The highest BCUT2D eigenvalue weighted by atomic mass is 32.2. The first-order valence-electron chi connectivity index (χ1n) is 10.4. The van der Waals surface area contributed by atoms with Crippen molar-refractivity contribution in [1.82, 2.24) is 14.2 Å². The molecule has 0 aliphatic carbocycles. The van der Waals surface area contributed by atoms with Gasteiger partial charge in [-0.15, -0.1) is 11.3 Å². The molecule has 2 saturated heterocycles. The van der Waals surface area contributed by atoms with E-state index in [1.54, 1.807) is 23.1 Å². The number of aryl methyl sites for hydroxylation is 1. The molecule has 2 aliphatic heterocycles. The molecule has 1 aromatic heterocycles. The summed E-state index contributed by atoms with van der Waals surface area (Å²) in [6, 6.07) is 14.3. The zero-order valence-electron chi connectivity index (χ0n) is 17.6. The lowest BCUT2D eigenvalue weighted by atomic mass is 9.92. The van der Waals surface area contributed by atoms with E-state index in [4.69, 9.17) is 0 Å². The molecule has 1 amide bonds. The average molecular weight is 470 g/mol. The Kier molecular flexibility index (Phi) is 5.37. The Bertz CT molecular complexity index is 1320. The minimum absolute atomic E-state index is 0.0972. The maximum atomic E-state index is 13.0. The molecule has 0 unspecified atom stereocenters. The monoisotopic (exact) mass is 469 g/mol. The number of hydrogen-bond donors (Lipinski definition) is 1. The van der Waals surface area contributed by atoms with Crippen molar-refractivity contribution in [3.8, 4) is 0 Å². The van der Waals surface area contributed by atoms with E-state index in [2.05, 4.69) is 4.98 Å². The third-order valence-corrected chi connectivity index (χ3v) is 8.82. The number of benzene rings is 2. The van der Waals surface area contributed by atoms with Gasteiger partial charge in [-0.3, -0.25) is 4.79 Å². The van der Waals surface area contributed by atoms with Crippen LogP contribution in [0, 0.1) is 6.92 Å². The molecule has 1 N–H and O–H groups in total. The second-order valence-electron chi connectivity index (χ2n) is 8.18. The molecule has 7 nitrogen and oxygen atoms in total. The van der Waals surface area contributed by atoms with Crippen molar-refractivity contribution < 1.29 is 18.3 Å². The van der Waals surface area contributed by atoms with E-state index in [0.717, 1.165) is 31.9 Å². The standard InChI is InChI=1S/C23H23N3O4S2/c1-15-24-21-8-7-19(9-22(21)31-15)32(29,30)26-12-18(13-26)17-10-25(11-17)23(28)20(14-27)16-5-3-2-4-6-16/h2-9,20,27H,10-14H2,1H3/t20-/m1/s1. The summed E-state index contributed by atoms with van der Waals surface area (Å²) >= 11 is 1.48. The van der Waals surface area contributed by atoms with Crippen LogP contribution in [0.3, 0.4) is 0 Å². The first-order valence-corrected chi connectivity index (χ1v) is 12.6. The third kappa shape index (κ3) is 3.65. The lowest BCUT2D eigenvalue weighted by Gasteiger charge is -2.42. The van der Waals surface area contributed by atoms with E-state index in [1.807, 2.05) is 37.3 Å². The van der Waals surface area contributed by atoms with E-state index >= 15 is 0 Å². The number of aliphatic hydroxyl groups excluding tert-OH is 1. The van der Waals surface area contributed by atoms with Crippen molar-refractivity contribution >= 4 is 37.5 Å². The van der Waals surface area contributed by atoms with Gasteiger partial charge in [0.15, 0.2) is 0 Å². The number of nitrogens with zero attached hydrogens (tertiary/aromatic N) is 3. The van der Waals surface area contributed by atoms with Crippen LogP contribution in [0.4, 0.5) is 0 Å². The molecule has 3 heterocycles. The lowest BCUT2D eigenvalue weighted by molar-refractivity contribution is -0.135. The quantitative estimate of drug-likeness (QED) is 0.580. The molecule has 2 fully saturated rings. The molecule has 2 aromatic carbocycles. The van der Waals surface area contributed by atoms with Crippen molar-refractivity contribution in [3.05, 3.63) is 70.2 Å². The van der Waals surface area contributed by atoms with Crippen LogP contribution in [0.25, 0.3) is 10.2 Å². The number of aromatic nitrogens is 1. The number of hydrogen-bond acceptors (Lipinski definition) is 6. The number of sulfonamides is 1. The highest BCUT2D eigenvalue weighted by Crippen LogP contribution is 2.33. The van der Waals surface area contributed by atoms with Crippen LogP contribution in [0.15, 0.2) is 64.6 Å². The Balaban J connectivity index is 1.23. The van der Waals surface area contributed by atoms with Gasteiger partial charge in [-0.25, -0.2) is 13.4 Å². The van der Waals surface area contributed by atoms with Crippen LogP contribution in [0.5, 0.6) is 0 Å². The van der Waals surface area contributed by atoms with Crippen molar-refractivity contribution in [1.29, 1.82) is 0 Å². The second kappa shape index (κ2) is 8.08. The molecule has 166 valence electrons. The fourth-order valence-corrected chi connectivity index (χ4v) is 6.53. The van der Waals surface area contributed by atoms with Gasteiger partial charge in [-0.2, -0.15) is 4.31 Å². The van der Waals surface area contributed by atoms with Crippen LogP contribution in [-0.4, -0.2) is 66.4 Å². The van der Waals surface area contributed by atoms with Gasteiger partial charge in [0, 0.05) is 26.2 Å². The molecule has 0 bridgehead atoms. The predicted molar refractivity (Wildman–Crippen MR) is 123 cm³/mol. The summed E-state index contributed by atoms with van der Waals surface area (Å²) in [5.41, 5.74) is 3.81. The van der Waals surface area contributed by atoms with Gasteiger partial charge in [-0.1, -0.05) is 30.3 Å². The Morgan fingerprint density at radius 1 is 1.09 bits per heavy atom. The SMILES string of the molecule is Cc1nc2ccc(S(=O)(=O)N3CC(=C4CN(C(=O)[C@H](CO)c5ccccc5)C4)C3)cc2s1. The van der Waals surface area contributed by atoms with Crippen LogP contribution in [0.1, 0.15) is 16.5 Å². The number of aliphatic hydroxyl groups is 1. The normalized spacial score (nSPS) is 17.9. The largest absolute Gasteiger partial charge is 0.395 e. The molecular formula is C23H23N3O4S2. The fraction of sp³-hybridized carbons (Fsp3) is 0.304. The molecule has 5 rings (SSSR count). The first-order chi connectivity index (χ1) is 15.4. The average Bonchev–Trinajstić information content (AvgIpc) is 3.08. The fourth-order valence-electron chi connectivity index (χ4n) is 4.13. The van der Waals surface area contributed by atoms with Gasteiger partial charge in [0.25, 0.3) is 0 Å². The first kappa shape index (κ1) is 21.3. The van der Waals surface area contributed by atoms with Crippen LogP contribution in [-0.2, 0) is 14.8 Å². The van der Waals surface area contributed by atoms with Gasteiger partial charge in [-0.05, 0) is 41.8 Å². The zero-order chi connectivity index (χ0) is 22.5. The number of fused-ring (bicyclic) bond motifs is 1. The summed E-state index contributed by atoms with van der Waals surface area (Å²) in [7, 11) is -3.55. The maximum absolute atomic E-state index is 13.0. The predicted octanol–water partition coefficient (Wildman–Crippen LogP) is 2.52. The molecule has 9 heteroatoms. The second-order valence-corrected chi connectivity index (χ2v) is 11.4. The molecule has 0 saturated carbocycles. The third-order valence-electron chi connectivity index (χ3n) is 6.10. The summed E-state index contributed by atoms with van der Waals surface area (Å²) in [6.45, 7) is 3.39. The van der Waals surface area contributed by atoms with Gasteiger partial charge in [0.1, 0.15) is 0 Å². The van der Waals surface area contributed by atoms with E-state index in [9.17, 15) is 18.3 Å². The Morgan fingerprint density at radius 3 is 2.47 bits per heavy atom. The summed E-state index contributed by atoms with van der Waals surface area (Å²) in [5.74, 6) is -0.661. The zero-order valence-corrected chi connectivity index (χ0v) is 19.2. The summed E-state index contributed by atoms with van der Waals surface area (Å²) in [5, 5.41) is 10.6. The van der Waals surface area contributed by atoms with E-state index in [1.165, 1.54) is 15.6 Å². The molecule has 1 atom stereocenters. The Morgan fingerprint density at radius 2 is 1.78 bits per heavy atom. The van der Waals surface area contributed by atoms with E-state index < -0.39 is 15.9 Å². The number of carbonyl (C=O) groups excluding carboxylic acids is 1. The minimum Gasteiger partial charge on any atom is -0.395 e. The Labute approximate surface area is 190 Å². The highest BCUT2D eigenvalue weighted by molar-refractivity contribution is 7.89. The Hall–Kier alpha value is -2.59. The van der Waals surface area contributed by atoms with Crippen molar-refractivity contribution in [2.45, 2.75) is 17.7 Å². The van der Waals surface area contributed by atoms with Gasteiger partial charge >= 0.3 is 0 Å². The molecular weight excluding hydrogens is 446 g/mol. The van der Waals surface area contributed by atoms with Crippen molar-refractivity contribution in [3.63, 3.8) is 0 Å². The van der Waals surface area contributed by atoms with Crippen molar-refractivity contribution in [2.24, 2.45) is 0 Å². The van der Waals surface area contributed by atoms with Crippen LogP contribution >= 0.6 is 11.3 Å². The molecule has 0 radical (unpaired) electrons. The molecule has 32 heavy (non-hydrogen) atoms. The number of likely N-dealkylation sites (tertiary alicyclic amines) is 1. The molecule has 3 aromatic rings. The highest BCUT2D eigenvalue weighted by Gasteiger charge is 2.39. The summed E-state index contributed by atoms with van der Waals surface area (Å²) < 4.78 is 28.3. The molecule has 2 aliphatic rings. The van der Waals surface area contributed by atoms with Crippen LogP contribution in [0.2, 0.25) is 0 Å². The van der Waals surface area contributed by atoms with Crippen LogP contribution < -0.4 is 0 Å².